The van der Waals surface area contributed by atoms with Crippen LogP contribution >= 0.6 is 0 Å². The Morgan fingerprint density at radius 2 is 1.36 bits per heavy atom. The third kappa shape index (κ3) is 3.11. The van der Waals surface area contributed by atoms with Crippen molar-refractivity contribution < 1.29 is 31.1 Å². The molecule has 2 nitrogen and oxygen atoms in total. The molecule has 0 atom stereocenters. The molecular formula is C17H9F6NO. The van der Waals surface area contributed by atoms with E-state index >= 15 is 0 Å². The van der Waals surface area contributed by atoms with E-state index in [1.165, 1.54) is 12.1 Å². The Balaban J connectivity index is 2.36. The third-order valence-electron chi connectivity index (χ3n) is 3.69. The molecule has 0 bridgehead atoms. The van der Waals surface area contributed by atoms with Gasteiger partial charge in [-0.25, -0.2) is 0 Å². The second kappa shape index (κ2) is 5.65. The van der Waals surface area contributed by atoms with E-state index in [1.807, 2.05) is 0 Å². The molecule has 130 valence electrons. The van der Waals surface area contributed by atoms with Crippen LogP contribution in [0.5, 0.6) is 0 Å². The van der Waals surface area contributed by atoms with Gasteiger partial charge < -0.3 is 4.57 Å². The Morgan fingerprint density at radius 3 is 1.88 bits per heavy atom. The van der Waals surface area contributed by atoms with Crippen LogP contribution in [0.15, 0.2) is 48.5 Å². The van der Waals surface area contributed by atoms with Gasteiger partial charge in [0.2, 0.25) is 0 Å². The zero-order valence-electron chi connectivity index (χ0n) is 12.3. The Bertz CT molecular complexity index is 920. The second-order valence-corrected chi connectivity index (χ2v) is 5.35. The SMILES string of the molecule is O=Cc1cc2ccccc2n1-c1cc(C(F)(F)F)cc(C(F)(F)F)c1. The first kappa shape index (κ1) is 17.1. The molecule has 3 aromatic rings. The van der Waals surface area contributed by atoms with Crippen LogP contribution < -0.4 is 0 Å². The van der Waals surface area contributed by atoms with E-state index in [0.717, 1.165) is 4.57 Å². The fourth-order valence-electron chi connectivity index (χ4n) is 2.62. The average Bonchev–Trinajstić information content (AvgIpc) is 2.91. The Morgan fingerprint density at radius 1 is 0.800 bits per heavy atom. The first-order valence-electron chi connectivity index (χ1n) is 6.97. The molecule has 2 aromatic carbocycles. The molecule has 3 rings (SSSR count). The van der Waals surface area contributed by atoms with Crippen molar-refractivity contribution >= 4 is 17.2 Å². The summed E-state index contributed by atoms with van der Waals surface area (Å²) in [6.45, 7) is 0. The number of nitrogens with zero attached hydrogens (tertiary/aromatic N) is 1. The zero-order chi connectivity index (χ0) is 18.4. The molecule has 0 N–H and O–H groups in total. The molecule has 0 amide bonds. The number of rotatable bonds is 2. The average molecular weight is 357 g/mol. The normalized spacial score (nSPS) is 12.6. The van der Waals surface area contributed by atoms with Gasteiger partial charge in [0.15, 0.2) is 6.29 Å². The lowest BCUT2D eigenvalue weighted by Gasteiger charge is -2.16. The van der Waals surface area contributed by atoms with Crippen LogP contribution in [0, 0.1) is 0 Å². The lowest BCUT2D eigenvalue weighted by molar-refractivity contribution is -0.143. The Labute approximate surface area is 137 Å². The van der Waals surface area contributed by atoms with E-state index in [4.69, 9.17) is 0 Å². The van der Waals surface area contributed by atoms with Crippen molar-refractivity contribution in [2.24, 2.45) is 0 Å². The number of alkyl halides is 6. The fraction of sp³-hybridized carbons (Fsp3) is 0.118. The van der Waals surface area contributed by atoms with Gasteiger partial charge in [-0.15, -0.1) is 0 Å². The van der Waals surface area contributed by atoms with E-state index in [9.17, 15) is 31.1 Å². The predicted octanol–water partition coefficient (Wildman–Crippen LogP) is 5.48. The number of hydrogen-bond donors (Lipinski definition) is 0. The number of para-hydroxylation sites is 1. The number of aldehydes is 1. The highest BCUT2D eigenvalue weighted by atomic mass is 19.4. The summed E-state index contributed by atoms with van der Waals surface area (Å²) >= 11 is 0. The molecule has 0 saturated heterocycles. The maximum absolute atomic E-state index is 13.0. The van der Waals surface area contributed by atoms with Crippen molar-refractivity contribution in [2.45, 2.75) is 12.4 Å². The van der Waals surface area contributed by atoms with E-state index in [2.05, 4.69) is 0 Å². The number of benzene rings is 2. The van der Waals surface area contributed by atoms with Crippen LogP contribution in [-0.4, -0.2) is 10.9 Å². The van der Waals surface area contributed by atoms with Gasteiger partial charge in [0.05, 0.1) is 22.3 Å². The van der Waals surface area contributed by atoms with Crippen molar-refractivity contribution in [3.63, 3.8) is 0 Å². The highest BCUT2D eigenvalue weighted by Crippen LogP contribution is 2.38. The third-order valence-corrected chi connectivity index (χ3v) is 3.69. The molecular weight excluding hydrogens is 348 g/mol. The molecule has 0 unspecified atom stereocenters. The number of halogens is 6. The number of hydrogen-bond acceptors (Lipinski definition) is 1. The molecule has 1 aromatic heterocycles. The number of carbonyl (C=O) groups is 1. The van der Waals surface area contributed by atoms with Gasteiger partial charge in [0, 0.05) is 11.1 Å². The van der Waals surface area contributed by atoms with Gasteiger partial charge in [0.1, 0.15) is 0 Å². The number of aromatic nitrogens is 1. The zero-order valence-corrected chi connectivity index (χ0v) is 12.3. The van der Waals surface area contributed by atoms with Crippen molar-refractivity contribution in [1.82, 2.24) is 4.57 Å². The Kier molecular flexibility index (Phi) is 3.85. The number of carbonyl (C=O) groups excluding carboxylic acids is 1. The molecule has 0 aliphatic carbocycles. The van der Waals surface area contributed by atoms with E-state index in [-0.39, 0.29) is 17.4 Å². The van der Waals surface area contributed by atoms with Crippen molar-refractivity contribution in [3.8, 4) is 5.69 Å². The minimum absolute atomic E-state index is 0.0475. The van der Waals surface area contributed by atoms with Gasteiger partial charge in [-0.05, 0) is 30.3 Å². The van der Waals surface area contributed by atoms with E-state index in [1.54, 1.807) is 18.2 Å². The van der Waals surface area contributed by atoms with Crippen LogP contribution in [0.25, 0.3) is 16.6 Å². The summed E-state index contributed by atoms with van der Waals surface area (Å²) in [5.41, 5.74) is -2.98. The Hall–Kier alpha value is -2.77. The smallest absolute Gasteiger partial charge is 0.307 e. The first-order valence-corrected chi connectivity index (χ1v) is 6.97. The lowest BCUT2D eigenvalue weighted by atomic mass is 10.1. The van der Waals surface area contributed by atoms with Gasteiger partial charge in [-0.2, -0.15) is 26.3 Å². The van der Waals surface area contributed by atoms with Gasteiger partial charge >= 0.3 is 12.4 Å². The predicted molar refractivity (Wildman–Crippen MR) is 78.7 cm³/mol. The topological polar surface area (TPSA) is 22.0 Å². The number of fused-ring (bicyclic) bond motifs is 1. The largest absolute Gasteiger partial charge is 0.416 e. The van der Waals surface area contributed by atoms with Crippen molar-refractivity contribution in [3.05, 3.63) is 65.4 Å². The first-order chi connectivity index (χ1) is 11.6. The summed E-state index contributed by atoms with van der Waals surface area (Å²) in [4.78, 5) is 11.3. The quantitative estimate of drug-likeness (QED) is 0.440. The van der Waals surface area contributed by atoms with Crippen LogP contribution in [0.3, 0.4) is 0 Å². The molecule has 0 spiro atoms. The van der Waals surface area contributed by atoms with Crippen LogP contribution in [0.1, 0.15) is 21.6 Å². The maximum atomic E-state index is 13.0. The monoisotopic (exact) mass is 357 g/mol. The van der Waals surface area contributed by atoms with E-state index in [0.29, 0.717) is 29.3 Å². The molecule has 0 aliphatic rings. The summed E-state index contributed by atoms with van der Waals surface area (Å²) < 4.78 is 79.2. The molecule has 0 saturated carbocycles. The lowest BCUT2D eigenvalue weighted by Crippen LogP contribution is -2.13. The second-order valence-electron chi connectivity index (χ2n) is 5.35. The fourth-order valence-corrected chi connectivity index (χ4v) is 2.62. The maximum Gasteiger partial charge on any atom is 0.416 e. The summed E-state index contributed by atoms with van der Waals surface area (Å²) in [6, 6.07) is 8.97. The molecule has 25 heavy (non-hydrogen) atoms. The summed E-state index contributed by atoms with van der Waals surface area (Å²) in [6.07, 6.45) is -9.53. The summed E-state index contributed by atoms with van der Waals surface area (Å²) in [5, 5.41) is 0.524. The van der Waals surface area contributed by atoms with E-state index < -0.39 is 23.5 Å². The van der Waals surface area contributed by atoms with Crippen molar-refractivity contribution in [2.75, 3.05) is 0 Å². The highest BCUT2D eigenvalue weighted by molar-refractivity contribution is 5.90. The summed E-state index contributed by atoms with van der Waals surface area (Å²) in [7, 11) is 0. The minimum Gasteiger partial charge on any atom is -0.307 e. The minimum atomic E-state index is -4.96. The van der Waals surface area contributed by atoms with Gasteiger partial charge in [-0.1, -0.05) is 18.2 Å². The van der Waals surface area contributed by atoms with Gasteiger partial charge in [-0.3, -0.25) is 4.79 Å². The van der Waals surface area contributed by atoms with Crippen LogP contribution in [-0.2, 0) is 12.4 Å². The molecule has 8 heteroatoms. The molecule has 1 heterocycles. The molecule has 0 radical (unpaired) electrons. The highest BCUT2D eigenvalue weighted by Gasteiger charge is 2.37. The summed E-state index contributed by atoms with van der Waals surface area (Å²) in [5.74, 6) is 0. The van der Waals surface area contributed by atoms with Gasteiger partial charge in [0.25, 0.3) is 0 Å². The molecule has 0 fully saturated rings. The van der Waals surface area contributed by atoms with Crippen LogP contribution in [0.2, 0.25) is 0 Å². The van der Waals surface area contributed by atoms with Crippen LogP contribution in [0.4, 0.5) is 26.3 Å². The molecule has 0 aliphatic heterocycles. The van der Waals surface area contributed by atoms with Crippen molar-refractivity contribution in [1.29, 1.82) is 0 Å². The standard InChI is InChI=1S/C17H9F6NO/c18-16(19,20)11-6-12(17(21,22)23)8-13(7-11)24-14(9-25)5-10-3-1-2-4-15(10)24/h1-9H.